The standard InChI is InChI=1S/C21H16BrFN4O2/c1-13-5-2-3-6-17(13)24-19(28)12-27-10-4-7-18(27)21-25-20(26-29-21)14-8-9-16(23)15(22)11-14/h2-11H,12H2,1H3,(H,24,28). The number of halogens is 2. The van der Waals surface area contributed by atoms with Crippen LogP contribution >= 0.6 is 15.9 Å². The molecule has 0 aliphatic rings. The Morgan fingerprint density at radius 3 is 2.83 bits per heavy atom. The third kappa shape index (κ3) is 4.12. The fourth-order valence-electron chi connectivity index (χ4n) is 2.88. The van der Waals surface area contributed by atoms with Gasteiger partial charge in [-0.2, -0.15) is 4.98 Å². The molecule has 1 amide bonds. The number of para-hydroxylation sites is 1. The molecule has 0 fully saturated rings. The number of anilines is 1. The SMILES string of the molecule is Cc1ccccc1NC(=O)Cn1cccc1-c1nc(-c2ccc(F)c(Br)c2)no1. The van der Waals surface area contributed by atoms with Crippen LogP contribution in [0.5, 0.6) is 0 Å². The highest BCUT2D eigenvalue weighted by atomic mass is 79.9. The maximum absolute atomic E-state index is 13.4. The van der Waals surface area contributed by atoms with Gasteiger partial charge in [0.25, 0.3) is 5.89 Å². The summed E-state index contributed by atoms with van der Waals surface area (Å²) in [5.74, 6) is 0.0666. The van der Waals surface area contributed by atoms with Crippen molar-refractivity contribution in [1.82, 2.24) is 14.7 Å². The summed E-state index contributed by atoms with van der Waals surface area (Å²) in [5, 5.41) is 6.87. The number of nitrogens with zero attached hydrogens (tertiary/aromatic N) is 3. The van der Waals surface area contributed by atoms with Gasteiger partial charge < -0.3 is 14.4 Å². The summed E-state index contributed by atoms with van der Waals surface area (Å²) in [6.45, 7) is 2.03. The molecule has 0 saturated heterocycles. The summed E-state index contributed by atoms with van der Waals surface area (Å²) in [6.07, 6.45) is 1.77. The molecule has 0 aliphatic heterocycles. The Bertz CT molecular complexity index is 1180. The van der Waals surface area contributed by atoms with Crippen molar-refractivity contribution in [1.29, 1.82) is 0 Å². The van der Waals surface area contributed by atoms with Crippen LogP contribution in [0.3, 0.4) is 0 Å². The first kappa shape index (κ1) is 19.1. The van der Waals surface area contributed by atoms with Crippen molar-refractivity contribution in [3.05, 3.63) is 76.6 Å². The molecule has 4 rings (SSSR count). The van der Waals surface area contributed by atoms with Gasteiger partial charge in [-0.05, 0) is 64.8 Å². The molecule has 0 unspecified atom stereocenters. The van der Waals surface area contributed by atoms with Gasteiger partial charge in [-0.25, -0.2) is 4.39 Å². The van der Waals surface area contributed by atoms with E-state index in [1.807, 2.05) is 31.2 Å². The summed E-state index contributed by atoms with van der Waals surface area (Å²) in [6, 6.07) is 15.7. The molecule has 6 nitrogen and oxygen atoms in total. The summed E-state index contributed by atoms with van der Waals surface area (Å²) < 4.78 is 20.9. The second-order valence-electron chi connectivity index (χ2n) is 6.44. The van der Waals surface area contributed by atoms with Crippen molar-refractivity contribution >= 4 is 27.5 Å². The number of carbonyl (C=O) groups excluding carboxylic acids is 1. The zero-order valence-electron chi connectivity index (χ0n) is 15.4. The Kier molecular flexibility index (Phi) is 5.26. The summed E-state index contributed by atoms with van der Waals surface area (Å²) >= 11 is 3.15. The van der Waals surface area contributed by atoms with Gasteiger partial charge in [-0.15, -0.1) is 0 Å². The number of carbonyl (C=O) groups is 1. The molecule has 0 radical (unpaired) electrons. The Labute approximate surface area is 174 Å². The normalized spacial score (nSPS) is 10.9. The number of rotatable bonds is 5. The number of hydrogen-bond acceptors (Lipinski definition) is 4. The molecular formula is C21H16BrFN4O2. The topological polar surface area (TPSA) is 73.0 Å². The van der Waals surface area contributed by atoms with E-state index in [-0.39, 0.29) is 24.2 Å². The first-order valence-corrected chi connectivity index (χ1v) is 9.60. The van der Waals surface area contributed by atoms with E-state index in [0.29, 0.717) is 21.6 Å². The van der Waals surface area contributed by atoms with Gasteiger partial charge in [0, 0.05) is 17.4 Å². The quantitative estimate of drug-likeness (QED) is 0.457. The van der Waals surface area contributed by atoms with Gasteiger partial charge in [0.05, 0.1) is 4.47 Å². The lowest BCUT2D eigenvalue weighted by Crippen LogP contribution is -2.19. The van der Waals surface area contributed by atoms with Crippen molar-refractivity contribution in [2.45, 2.75) is 13.5 Å². The second kappa shape index (κ2) is 8.00. The van der Waals surface area contributed by atoms with Crippen molar-refractivity contribution in [3.63, 3.8) is 0 Å². The summed E-state index contributed by atoms with van der Waals surface area (Å²) in [7, 11) is 0. The maximum atomic E-state index is 13.4. The molecule has 0 spiro atoms. The molecule has 0 saturated carbocycles. The predicted molar refractivity (Wildman–Crippen MR) is 111 cm³/mol. The first-order valence-electron chi connectivity index (χ1n) is 8.81. The zero-order valence-corrected chi connectivity index (χ0v) is 17.0. The minimum atomic E-state index is -0.369. The van der Waals surface area contributed by atoms with Crippen LogP contribution in [0, 0.1) is 12.7 Å². The highest BCUT2D eigenvalue weighted by Gasteiger charge is 2.16. The van der Waals surface area contributed by atoms with Gasteiger partial charge in [-0.1, -0.05) is 23.4 Å². The highest BCUT2D eigenvalue weighted by Crippen LogP contribution is 2.26. The van der Waals surface area contributed by atoms with Gasteiger partial charge in [0.1, 0.15) is 18.1 Å². The Balaban J connectivity index is 1.54. The Morgan fingerprint density at radius 1 is 1.21 bits per heavy atom. The molecule has 8 heteroatoms. The van der Waals surface area contributed by atoms with E-state index < -0.39 is 0 Å². The third-order valence-corrected chi connectivity index (χ3v) is 4.99. The lowest BCUT2D eigenvalue weighted by molar-refractivity contribution is -0.116. The molecule has 29 heavy (non-hydrogen) atoms. The Morgan fingerprint density at radius 2 is 2.03 bits per heavy atom. The zero-order chi connectivity index (χ0) is 20.4. The van der Waals surface area contributed by atoms with E-state index in [0.717, 1.165) is 11.3 Å². The molecule has 1 N–H and O–H groups in total. The van der Waals surface area contributed by atoms with E-state index in [9.17, 15) is 9.18 Å². The van der Waals surface area contributed by atoms with Crippen LogP contribution < -0.4 is 5.32 Å². The number of nitrogens with one attached hydrogen (secondary N) is 1. The maximum Gasteiger partial charge on any atom is 0.274 e. The first-order chi connectivity index (χ1) is 14.0. The van der Waals surface area contributed by atoms with Crippen LogP contribution in [0.4, 0.5) is 10.1 Å². The van der Waals surface area contributed by atoms with Crippen LogP contribution in [0.25, 0.3) is 23.0 Å². The number of amides is 1. The average Bonchev–Trinajstić information content (AvgIpc) is 3.35. The van der Waals surface area contributed by atoms with Gasteiger partial charge in [0.2, 0.25) is 11.7 Å². The molecule has 0 atom stereocenters. The molecule has 2 aromatic heterocycles. The van der Waals surface area contributed by atoms with E-state index in [1.54, 1.807) is 35.0 Å². The van der Waals surface area contributed by atoms with E-state index in [4.69, 9.17) is 4.52 Å². The number of aromatic nitrogens is 3. The van der Waals surface area contributed by atoms with E-state index in [2.05, 4.69) is 31.4 Å². The second-order valence-corrected chi connectivity index (χ2v) is 7.29. The smallest absolute Gasteiger partial charge is 0.274 e. The number of aryl methyl sites for hydroxylation is 1. The van der Waals surface area contributed by atoms with Crippen molar-refractivity contribution in [2.24, 2.45) is 0 Å². The molecule has 0 bridgehead atoms. The van der Waals surface area contributed by atoms with Crippen LogP contribution in [0.2, 0.25) is 0 Å². The van der Waals surface area contributed by atoms with Gasteiger partial charge in [0.15, 0.2) is 0 Å². The third-order valence-electron chi connectivity index (χ3n) is 4.39. The van der Waals surface area contributed by atoms with E-state index >= 15 is 0 Å². The van der Waals surface area contributed by atoms with Crippen molar-refractivity contribution in [2.75, 3.05) is 5.32 Å². The van der Waals surface area contributed by atoms with Crippen LogP contribution in [0.15, 0.2) is 69.8 Å². The lowest BCUT2D eigenvalue weighted by Gasteiger charge is -2.10. The van der Waals surface area contributed by atoms with E-state index in [1.165, 1.54) is 6.07 Å². The van der Waals surface area contributed by atoms with Crippen molar-refractivity contribution < 1.29 is 13.7 Å². The minimum Gasteiger partial charge on any atom is -0.334 e. The predicted octanol–water partition coefficient (Wildman–Crippen LogP) is 5.05. The molecule has 146 valence electrons. The van der Waals surface area contributed by atoms with Gasteiger partial charge >= 0.3 is 0 Å². The largest absolute Gasteiger partial charge is 0.334 e. The average molecular weight is 455 g/mol. The van der Waals surface area contributed by atoms with Crippen molar-refractivity contribution in [3.8, 4) is 23.0 Å². The number of benzene rings is 2. The lowest BCUT2D eigenvalue weighted by atomic mass is 10.2. The molecule has 2 heterocycles. The molecule has 0 aliphatic carbocycles. The molecule has 2 aromatic carbocycles. The highest BCUT2D eigenvalue weighted by molar-refractivity contribution is 9.10. The van der Waals surface area contributed by atoms with Crippen LogP contribution in [-0.4, -0.2) is 20.6 Å². The molecule has 4 aromatic rings. The van der Waals surface area contributed by atoms with Crippen LogP contribution in [-0.2, 0) is 11.3 Å². The number of hydrogen-bond donors (Lipinski definition) is 1. The molecular weight excluding hydrogens is 439 g/mol. The minimum absolute atomic E-state index is 0.0937. The van der Waals surface area contributed by atoms with Crippen LogP contribution in [0.1, 0.15) is 5.56 Å². The monoisotopic (exact) mass is 454 g/mol. The fraction of sp³-hybridized carbons (Fsp3) is 0.0952. The summed E-state index contributed by atoms with van der Waals surface area (Å²) in [5.41, 5.74) is 2.99. The van der Waals surface area contributed by atoms with Gasteiger partial charge in [-0.3, -0.25) is 4.79 Å². The Hall–Kier alpha value is -3.26. The fourth-order valence-corrected chi connectivity index (χ4v) is 3.26. The summed E-state index contributed by atoms with van der Waals surface area (Å²) in [4.78, 5) is 16.9.